The minimum absolute atomic E-state index is 0.0199. The zero-order valence-corrected chi connectivity index (χ0v) is 11.5. The minimum Gasteiger partial charge on any atom is -0.334 e. The number of rotatable bonds is 3. The Balaban J connectivity index is 2.36. The highest BCUT2D eigenvalue weighted by molar-refractivity contribution is 9.10. The number of H-pyrrole nitrogens is 1. The fourth-order valence-corrected chi connectivity index (χ4v) is 2.72. The molecule has 0 atom stereocenters. The molecule has 0 amide bonds. The second kappa shape index (κ2) is 4.67. The highest BCUT2D eigenvalue weighted by Crippen LogP contribution is 2.27. The van der Waals surface area contributed by atoms with Gasteiger partial charge in [-0.25, -0.2) is 4.98 Å². The summed E-state index contributed by atoms with van der Waals surface area (Å²) in [6.07, 6.45) is 2.51. The van der Waals surface area contributed by atoms with E-state index in [1.165, 1.54) is 12.5 Å². The molecule has 0 fully saturated rings. The number of hydrogen-bond acceptors (Lipinski definition) is 3. The van der Waals surface area contributed by atoms with Gasteiger partial charge in [0.1, 0.15) is 0 Å². The van der Waals surface area contributed by atoms with Crippen molar-refractivity contribution in [1.82, 2.24) is 9.97 Å². The highest BCUT2D eigenvalue weighted by atomic mass is 79.9. The topological polar surface area (TPSA) is 74.8 Å². The monoisotopic (exact) mass is 335 g/mol. The zero-order chi connectivity index (χ0) is 12.5. The standard InChI is InChI=1S/C9H7BrClN3O2S/c10-6-1-2-7(11)8(3-6)14-17(15,16)9-4-12-5-13-9/h1-5,14H,(H,12,13). The van der Waals surface area contributed by atoms with Crippen molar-refractivity contribution in [3.05, 3.63) is 40.2 Å². The fraction of sp³-hybridized carbons (Fsp3) is 0. The number of benzene rings is 1. The van der Waals surface area contributed by atoms with E-state index in [4.69, 9.17) is 11.6 Å². The van der Waals surface area contributed by atoms with Gasteiger partial charge < -0.3 is 4.98 Å². The Morgan fingerprint density at radius 3 is 2.82 bits per heavy atom. The van der Waals surface area contributed by atoms with Crippen molar-refractivity contribution < 1.29 is 8.42 Å². The Kier molecular flexibility index (Phi) is 3.41. The maximum atomic E-state index is 11.9. The molecule has 5 nitrogen and oxygen atoms in total. The van der Waals surface area contributed by atoms with Crippen LogP contribution in [0.1, 0.15) is 0 Å². The molecule has 8 heteroatoms. The molecule has 0 aliphatic carbocycles. The molecule has 0 saturated heterocycles. The third kappa shape index (κ3) is 2.80. The molecule has 1 aromatic carbocycles. The second-order valence-corrected chi connectivity index (χ2v) is 6.12. The van der Waals surface area contributed by atoms with Crippen molar-refractivity contribution in [1.29, 1.82) is 0 Å². The summed E-state index contributed by atoms with van der Waals surface area (Å²) in [6.45, 7) is 0. The average Bonchev–Trinajstić information content (AvgIpc) is 2.77. The fourth-order valence-electron chi connectivity index (χ4n) is 1.17. The van der Waals surface area contributed by atoms with Crippen LogP contribution in [0.2, 0.25) is 5.02 Å². The van der Waals surface area contributed by atoms with Gasteiger partial charge in [0, 0.05) is 4.47 Å². The molecule has 17 heavy (non-hydrogen) atoms. The van der Waals surface area contributed by atoms with Crippen molar-refractivity contribution in [3.63, 3.8) is 0 Å². The van der Waals surface area contributed by atoms with Crippen LogP contribution in [0.25, 0.3) is 0 Å². The van der Waals surface area contributed by atoms with Gasteiger partial charge in [0.05, 0.1) is 23.2 Å². The molecule has 2 aromatic rings. The van der Waals surface area contributed by atoms with Crippen LogP contribution in [-0.4, -0.2) is 18.4 Å². The molecule has 0 spiro atoms. The summed E-state index contributed by atoms with van der Waals surface area (Å²) in [4.78, 5) is 6.17. The number of hydrogen-bond donors (Lipinski definition) is 2. The summed E-state index contributed by atoms with van der Waals surface area (Å²) >= 11 is 9.13. The molecule has 2 rings (SSSR count). The molecule has 0 aliphatic heterocycles. The van der Waals surface area contributed by atoms with Crippen LogP contribution < -0.4 is 4.72 Å². The number of nitrogens with zero attached hydrogens (tertiary/aromatic N) is 1. The molecule has 90 valence electrons. The first-order valence-corrected chi connectivity index (χ1v) is 7.11. The number of halogens is 2. The van der Waals surface area contributed by atoms with Gasteiger partial charge >= 0.3 is 0 Å². The van der Waals surface area contributed by atoms with Crippen LogP contribution in [0.5, 0.6) is 0 Å². The maximum Gasteiger partial charge on any atom is 0.279 e. The lowest BCUT2D eigenvalue weighted by Gasteiger charge is -2.08. The van der Waals surface area contributed by atoms with Gasteiger partial charge in [0.2, 0.25) is 0 Å². The summed E-state index contributed by atoms with van der Waals surface area (Å²) in [5, 5.41) is 0.296. The smallest absolute Gasteiger partial charge is 0.279 e. The van der Waals surface area contributed by atoms with Gasteiger partial charge in [-0.1, -0.05) is 27.5 Å². The molecular formula is C9H7BrClN3O2S. The number of nitrogens with one attached hydrogen (secondary N) is 2. The first-order chi connectivity index (χ1) is 7.99. The first kappa shape index (κ1) is 12.4. The van der Waals surface area contributed by atoms with Crippen molar-refractivity contribution in [2.45, 2.75) is 5.03 Å². The molecule has 1 aromatic heterocycles. The summed E-state index contributed by atoms with van der Waals surface area (Å²) in [5.41, 5.74) is 0.302. The molecule has 0 bridgehead atoms. The lowest BCUT2D eigenvalue weighted by atomic mass is 10.3. The number of aromatic nitrogens is 2. The Labute approximate surface area is 111 Å². The Hall–Kier alpha value is -1.05. The van der Waals surface area contributed by atoms with E-state index in [1.807, 2.05) is 0 Å². The van der Waals surface area contributed by atoms with E-state index < -0.39 is 10.0 Å². The third-order valence-electron chi connectivity index (χ3n) is 1.94. The lowest BCUT2D eigenvalue weighted by Crippen LogP contribution is -2.13. The molecule has 0 radical (unpaired) electrons. The normalized spacial score (nSPS) is 11.4. The Morgan fingerprint density at radius 2 is 2.18 bits per heavy atom. The van der Waals surface area contributed by atoms with E-state index >= 15 is 0 Å². The molecule has 2 N–H and O–H groups in total. The van der Waals surface area contributed by atoms with E-state index in [2.05, 4.69) is 30.6 Å². The summed E-state index contributed by atoms with van der Waals surface area (Å²) in [7, 11) is -3.68. The van der Waals surface area contributed by atoms with Crippen LogP contribution in [0.15, 0.2) is 40.2 Å². The van der Waals surface area contributed by atoms with Crippen LogP contribution in [-0.2, 0) is 10.0 Å². The van der Waals surface area contributed by atoms with Crippen molar-refractivity contribution in [2.24, 2.45) is 0 Å². The van der Waals surface area contributed by atoms with Gasteiger partial charge in [0.25, 0.3) is 10.0 Å². The zero-order valence-electron chi connectivity index (χ0n) is 8.31. The van der Waals surface area contributed by atoms with Crippen molar-refractivity contribution in [3.8, 4) is 0 Å². The lowest BCUT2D eigenvalue weighted by molar-refractivity contribution is 0.598. The van der Waals surface area contributed by atoms with Gasteiger partial charge in [-0.15, -0.1) is 0 Å². The number of sulfonamides is 1. The summed E-state index contributed by atoms with van der Waals surface area (Å²) in [5.74, 6) is 0. The summed E-state index contributed by atoms with van der Waals surface area (Å²) < 4.78 is 26.8. The van der Waals surface area contributed by atoms with E-state index in [1.54, 1.807) is 18.2 Å². The minimum atomic E-state index is -3.68. The van der Waals surface area contributed by atoms with Crippen molar-refractivity contribution >= 4 is 43.2 Å². The van der Waals surface area contributed by atoms with Crippen LogP contribution in [0.4, 0.5) is 5.69 Å². The Morgan fingerprint density at radius 1 is 1.41 bits per heavy atom. The highest BCUT2D eigenvalue weighted by Gasteiger charge is 2.17. The van der Waals surface area contributed by atoms with Gasteiger partial charge in [-0.3, -0.25) is 4.72 Å². The van der Waals surface area contributed by atoms with Crippen LogP contribution in [0, 0.1) is 0 Å². The average molecular weight is 337 g/mol. The van der Waals surface area contributed by atoms with Gasteiger partial charge in [0.15, 0.2) is 5.03 Å². The predicted octanol–water partition coefficient (Wildman–Crippen LogP) is 2.63. The first-order valence-electron chi connectivity index (χ1n) is 4.45. The SMILES string of the molecule is O=S(=O)(Nc1cc(Br)ccc1Cl)c1cnc[nH]1. The van der Waals surface area contributed by atoms with E-state index in [0.29, 0.717) is 10.7 Å². The van der Waals surface area contributed by atoms with E-state index in [-0.39, 0.29) is 5.03 Å². The Bertz CT molecular complexity index is 628. The summed E-state index contributed by atoms with van der Waals surface area (Å²) in [6, 6.07) is 4.89. The molecule has 1 heterocycles. The van der Waals surface area contributed by atoms with Crippen LogP contribution in [0.3, 0.4) is 0 Å². The number of anilines is 1. The molecule has 0 aliphatic rings. The number of imidazole rings is 1. The van der Waals surface area contributed by atoms with E-state index in [0.717, 1.165) is 4.47 Å². The van der Waals surface area contributed by atoms with Crippen molar-refractivity contribution in [2.75, 3.05) is 4.72 Å². The number of aromatic amines is 1. The largest absolute Gasteiger partial charge is 0.334 e. The molecule has 0 saturated carbocycles. The molecular weight excluding hydrogens is 330 g/mol. The van der Waals surface area contributed by atoms with E-state index in [9.17, 15) is 8.42 Å². The second-order valence-electron chi connectivity index (χ2n) is 3.15. The molecule has 0 unspecified atom stereocenters. The third-order valence-corrected chi connectivity index (χ3v) is 4.05. The quantitative estimate of drug-likeness (QED) is 0.905. The predicted molar refractivity (Wildman–Crippen MR) is 68.5 cm³/mol. The maximum absolute atomic E-state index is 11.9. The van der Waals surface area contributed by atoms with Crippen LogP contribution >= 0.6 is 27.5 Å². The van der Waals surface area contributed by atoms with Gasteiger partial charge in [-0.05, 0) is 18.2 Å². The van der Waals surface area contributed by atoms with Gasteiger partial charge in [-0.2, -0.15) is 8.42 Å².